The highest BCUT2D eigenvalue weighted by atomic mass is 32.1. The van der Waals surface area contributed by atoms with Crippen molar-refractivity contribution in [2.24, 2.45) is 11.8 Å². The third-order valence-corrected chi connectivity index (χ3v) is 6.44. The van der Waals surface area contributed by atoms with E-state index in [1.165, 1.54) is 23.2 Å². The van der Waals surface area contributed by atoms with Crippen LogP contribution >= 0.6 is 11.3 Å². The number of β-lactam (4-membered cyclic amide) rings is 1. The van der Waals surface area contributed by atoms with Crippen LogP contribution in [0.25, 0.3) is 4.83 Å². The van der Waals surface area contributed by atoms with Gasteiger partial charge in [-0.25, -0.2) is 4.57 Å². The molecule has 1 fully saturated rings. The van der Waals surface area contributed by atoms with E-state index in [0.717, 1.165) is 4.83 Å². The van der Waals surface area contributed by atoms with Gasteiger partial charge in [0.2, 0.25) is 10.7 Å². The summed E-state index contributed by atoms with van der Waals surface area (Å²) in [6.07, 6.45) is 2.75. The summed E-state index contributed by atoms with van der Waals surface area (Å²) in [7, 11) is 0. The number of Topliss-reactive ketones (excluding diaryl/α,β-unsaturated/α-hetero) is 1. The maximum atomic E-state index is 12.4. The molecule has 1 amide bonds. The molecule has 8 nitrogen and oxygen atoms in total. The molecule has 0 aliphatic carbocycles. The molecule has 1 saturated heterocycles. The number of carboxylic acid groups (broad SMARTS) is 1. The molecule has 0 unspecified atom stereocenters. The van der Waals surface area contributed by atoms with E-state index in [9.17, 15) is 24.6 Å². The lowest BCUT2D eigenvalue weighted by Gasteiger charge is -2.47. The summed E-state index contributed by atoms with van der Waals surface area (Å²) in [5, 5.41) is 23.4. The minimum Gasteiger partial charge on any atom is -0.543 e. The Labute approximate surface area is 158 Å². The van der Waals surface area contributed by atoms with Crippen LogP contribution in [0.15, 0.2) is 29.2 Å². The van der Waals surface area contributed by atoms with Gasteiger partial charge in [0.15, 0.2) is 11.5 Å². The topological polar surface area (TPSA) is 106 Å². The van der Waals surface area contributed by atoms with Crippen LogP contribution < -0.4 is 9.67 Å². The average molecular weight is 389 g/mol. The number of aliphatic hydroxyl groups is 1. The van der Waals surface area contributed by atoms with Crippen molar-refractivity contribution < 1.29 is 29.2 Å². The van der Waals surface area contributed by atoms with Crippen LogP contribution in [0, 0.1) is 11.8 Å². The summed E-state index contributed by atoms with van der Waals surface area (Å²) in [5.74, 6) is -2.63. The molecule has 0 radical (unpaired) electrons. The number of thiazole rings is 1. The number of aliphatic carboxylic acids is 1. The predicted octanol–water partition coefficient (Wildman–Crippen LogP) is -0.648. The van der Waals surface area contributed by atoms with Crippen molar-refractivity contribution in [3.8, 4) is 0 Å². The number of carboxylic acids is 1. The first-order valence-electron chi connectivity index (χ1n) is 8.67. The summed E-state index contributed by atoms with van der Waals surface area (Å²) in [5.41, 5.74) is 1.06. The van der Waals surface area contributed by atoms with Crippen molar-refractivity contribution in [1.82, 2.24) is 9.30 Å². The number of aromatic nitrogens is 2. The van der Waals surface area contributed by atoms with Gasteiger partial charge in [0.1, 0.15) is 12.7 Å². The van der Waals surface area contributed by atoms with E-state index in [1.807, 2.05) is 13.1 Å². The van der Waals surface area contributed by atoms with Crippen molar-refractivity contribution in [1.29, 1.82) is 0 Å². The number of hydrogen-bond donors (Lipinski definition) is 1. The van der Waals surface area contributed by atoms with Crippen LogP contribution in [0.3, 0.4) is 0 Å². The number of aliphatic hydroxyl groups excluding tert-OH is 1. The second kappa shape index (κ2) is 6.00. The van der Waals surface area contributed by atoms with Gasteiger partial charge in [0.25, 0.3) is 6.33 Å². The average Bonchev–Trinajstić information content (AvgIpc) is 3.19. The van der Waals surface area contributed by atoms with Gasteiger partial charge in [-0.15, -0.1) is 0 Å². The van der Waals surface area contributed by atoms with Gasteiger partial charge in [0, 0.05) is 23.8 Å². The molecule has 0 aromatic carbocycles. The Balaban J connectivity index is 1.71. The number of amides is 1. The summed E-state index contributed by atoms with van der Waals surface area (Å²) in [6, 6.07) is -0.363. The van der Waals surface area contributed by atoms with E-state index in [1.54, 1.807) is 27.6 Å². The molecule has 2 aliphatic heterocycles. The third kappa shape index (κ3) is 2.45. The molecule has 2 aliphatic rings. The molecule has 2 aromatic heterocycles. The maximum absolute atomic E-state index is 12.4. The summed E-state index contributed by atoms with van der Waals surface area (Å²) in [6.45, 7) is 5.17. The zero-order chi connectivity index (χ0) is 19.6. The molecule has 4 atom stereocenters. The standard InChI is InChI=1S/C18H19N3O5S/c1-8-11(4-19-5-13-20(7-19)12(6-27-13)9(2)22)16(18(25)26)21-15(8)14(10(3)23)17(21)24/h5-8,10,14-15,23H,4H2,1-3H3/t8-,10+,14+,15+/m0/s1. The zero-order valence-electron chi connectivity index (χ0n) is 15.1. The van der Waals surface area contributed by atoms with Crippen molar-refractivity contribution in [3.63, 3.8) is 0 Å². The minimum absolute atomic E-state index is 0.0533. The van der Waals surface area contributed by atoms with Gasteiger partial charge in [-0.2, -0.15) is 4.40 Å². The SMILES string of the molecule is CC(=O)c1csc2c[n+](CC3=C(C(=O)[O-])N4C(=O)[C@H]([C@@H](C)O)[C@H]4[C@H]3C)cn12. The Morgan fingerprint density at radius 2 is 2.15 bits per heavy atom. The molecule has 1 N–H and O–H groups in total. The number of rotatable bonds is 5. The smallest absolute Gasteiger partial charge is 0.250 e. The van der Waals surface area contributed by atoms with Gasteiger partial charge in [-0.3, -0.25) is 9.59 Å². The monoisotopic (exact) mass is 389 g/mol. The number of fused-ring (bicyclic) bond motifs is 2. The fraction of sp³-hybridized carbons (Fsp3) is 0.444. The Kier molecular flexibility index (Phi) is 3.97. The Hall–Kier alpha value is -2.52. The van der Waals surface area contributed by atoms with E-state index in [-0.39, 0.29) is 35.9 Å². The van der Waals surface area contributed by atoms with Crippen LogP contribution in [0.5, 0.6) is 0 Å². The molecule has 0 spiro atoms. The van der Waals surface area contributed by atoms with Gasteiger partial charge in [-0.1, -0.05) is 18.3 Å². The highest BCUT2D eigenvalue weighted by molar-refractivity contribution is 7.15. The van der Waals surface area contributed by atoms with E-state index in [2.05, 4.69) is 0 Å². The number of imidazole rings is 1. The molecule has 4 rings (SSSR count). The highest BCUT2D eigenvalue weighted by Crippen LogP contribution is 2.46. The van der Waals surface area contributed by atoms with Gasteiger partial charge < -0.3 is 19.9 Å². The van der Waals surface area contributed by atoms with E-state index >= 15 is 0 Å². The molecular weight excluding hydrogens is 370 g/mol. The van der Waals surface area contributed by atoms with Crippen LogP contribution in [-0.4, -0.2) is 44.2 Å². The fourth-order valence-electron chi connectivity index (χ4n) is 4.26. The van der Waals surface area contributed by atoms with Gasteiger partial charge >= 0.3 is 0 Å². The summed E-state index contributed by atoms with van der Waals surface area (Å²) >= 11 is 1.43. The number of hydrogen-bond acceptors (Lipinski definition) is 6. The lowest BCUT2D eigenvalue weighted by atomic mass is 9.78. The van der Waals surface area contributed by atoms with Crippen LogP contribution in [0.4, 0.5) is 0 Å². The third-order valence-electron chi connectivity index (χ3n) is 5.55. The molecule has 27 heavy (non-hydrogen) atoms. The summed E-state index contributed by atoms with van der Waals surface area (Å²) < 4.78 is 3.57. The minimum atomic E-state index is -1.39. The van der Waals surface area contributed by atoms with Crippen molar-refractivity contribution in [2.45, 2.75) is 39.5 Å². The lowest BCUT2D eigenvalue weighted by Crippen LogP contribution is -2.64. The maximum Gasteiger partial charge on any atom is 0.250 e. The van der Waals surface area contributed by atoms with Crippen LogP contribution in [0.1, 0.15) is 31.3 Å². The van der Waals surface area contributed by atoms with Gasteiger partial charge in [0.05, 0.1) is 29.7 Å². The molecule has 4 heterocycles. The number of carbonyl (C=O) groups excluding carboxylic acids is 3. The second-order valence-corrected chi connectivity index (χ2v) is 8.11. The van der Waals surface area contributed by atoms with Crippen molar-refractivity contribution >= 4 is 33.8 Å². The van der Waals surface area contributed by atoms with E-state index in [0.29, 0.717) is 11.3 Å². The van der Waals surface area contributed by atoms with E-state index < -0.39 is 18.0 Å². The Bertz CT molecular complexity index is 1020. The molecule has 9 heteroatoms. The first-order chi connectivity index (χ1) is 12.7. The van der Waals surface area contributed by atoms with Crippen molar-refractivity contribution in [3.05, 3.63) is 34.9 Å². The Morgan fingerprint density at radius 3 is 2.74 bits per heavy atom. The van der Waals surface area contributed by atoms with E-state index in [4.69, 9.17) is 0 Å². The molecule has 2 aromatic rings. The first kappa shape index (κ1) is 17.9. The molecule has 142 valence electrons. The number of carbonyl (C=O) groups is 3. The highest BCUT2D eigenvalue weighted by Gasteiger charge is 2.58. The predicted molar refractivity (Wildman–Crippen MR) is 92.5 cm³/mol. The Morgan fingerprint density at radius 1 is 1.44 bits per heavy atom. The lowest BCUT2D eigenvalue weighted by molar-refractivity contribution is -0.688. The first-order valence-corrected chi connectivity index (χ1v) is 9.55. The largest absolute Gasteiger partial charge is 0.543 e. The number of nitrogens with zero attached hydrogens (tertiary/aromatic N) is 3. The van der Waals surface area contributed by atoms with Crippen molar-refractivity contribution in [2.75, 3.05) is 0 Å². The second-order valence-electron chi connectivity index (χ2n) is 7.22. The van der Waals surface area contributed by atoms with Crippen LogP contribution in [-0.2, 0) is 16.1 Å². The molecular formula is C18H19N3O5S. The fourth-order valence-corrected chi connectivity index (χ4v) is 5.23. The summed E-state index contributed by atoms with van der Waals surface area (Å²) in [4.78, 5) is 37.9. The zero-order valence-corrected chi connectivity index (χ0v) is 15.9. The quantitative estimate of drug-likeness (QED) is 0.416. The number of ketones is 1. The molecule has 0 saturated carbocycles. The van der Waals surface area contributed by atoms with Gasteiger partial charge in [-0.05, 0) is 6.92 Å². The van der Waals surface area contributed by atoms with Crippen LogP contribution in [0.2, 0.25) is 0 Å². The normalized spacial score (nSPS) is 25.7. The molecule has 0 bridgehead atoms.